The number of nitrogens with one attached hydrogen (secondary N) is 3. The van der Waals surface area contributed by atoms with Crippen molar-refractivity contribution in [2.75, 3.05) is 26.7 Å². The van der Waals surface area contributed by atoms with E-state index in [-0.39, 0.29) is 5.92 Å². The molecule has 1 amide bonds. The van der Waals surface area contributed by atoms with Gasteiger partial charge in [0.05, 0.1) is 22.9 Å². The van der Waals surface area contributed by atoms with Crippen molar-refractivity contribution in [3.05, 3.63) is 42.4 Å². The van der Waals surface area contributed by atoms with Gasteiger partial charge < -0.3 is 20.9 Å². The van der Waals surface area contributed by atoms with Crippen molar-refractivity contribution in [1.82, 2.24) is 25.5 Å². The van der Waals surface area contributed by atoms with Crippen LogP contribution in [0.1, 0.15) is 37.8 Å². The maximum Gasteiger partial charge on any atom is 0.225 e. The van der Waals surface area contributed by atoms with Gasteiger partial charge in [-0.05, 0) is 75.6 Å². The molecule has 174 valence electrons. The lowest BCUT2D eigenvalue weighted by atomic mass is 9.93. The minimum absolute atomic E-state index is 0.261. The number of fused-ring (bicyclic) bond motifs is 2. The molecule has 1 saturated heterocycles. The summed E-state index contributed by atoms with van der Waals surface area (Å²) >= 11 is 0. The van der Waals surface area contributed by atoms with Crippen LogP contribution in [0.25, 0.3) is 16.6 Å². The Kier molecular flexibility index (Phi) is 6.40. The third kappa shape index (κ3) is 4.64. The van der Waals surface area contributed by atoms with E-state index < -0.39 is 0 Å². The number of aromatic nitrogens is 2. The highest BCUT2D eigenvalue weighted by Gasteiger charge is 2.56. The van der Waals surface area contributed by atoms with E-state index in [2.05, 4.69) is 25.5 Å². The van der Waals surface area contributed by atoms with Gasteiger partial charge in [0.1, 0.15) is 0 Å². The molecule has 4 atom stereocenters. The van der Waals surface area contributed by atoms with Crippen molar-refractivity contribution in [3.63, 3.8) is 0 Å². The molecule has 33 heavy (non-hydrogen) atoms. The molecule has 0 bridgehead atoms. The van der Waals surface area contributed by atoms with Gasteiger partial charge in [0.2, 0.25) is 5.91 Å². The molecular weight excluding hydrogens is 412 g/mol. The molecule has 3 fully saturated rings. The van der Waals surface area contributed by atoms with Crippen molar-refractivity contribution >= 4 is 28.7 Å². The molecule has 2 aromatic rings. The van der Waals surface area contributed by atoms with E-state index in [1.54, 1.807) is 6.20 Å². The molecule has 0 radical (unpaired) electrons. The van der Waals surface area contributed by atoms with Gasteiger partial charge in [-0.2, -0.15) is 0 Å². The number of benzene rings is 1. The molecule has 1 aromatic heterocycles. The molecule has 2 heterocycles. The molecule has 1 aliphatic heterocycles. The number of nitrogens with zero attached hydrogens (tertiary/aromatic N) is 3. The largest absolute Gasteiger partial charge is 0.387 e. The number of allylic oxidation sites excluding steroid dienone is 1. The molecule has 2 saturated carbocycles. The normalized spacial score (nSPS) is 27.4. The van der Waals surface area contributed by atoms with Crippen molar-refractivity contribution in [3.8, 4) is 0 Å². The van der Waals surface area contributed by atoms with Crippen molar-refractivity contribution in [2.45, 2.75) is 38.1 Å². The summed E-state index contributed by atoms with van der Waals surface area (Å²) in [6, 6.07) is 8.06. The highest BCUT2D eigenvalue weighted by molar-refractivity contribution is 6.07. The fourth-order valence-corrected chi connectivity index (χ4v) is 5.86. The van der Waals surface area contributed by atoms with Crippen LogP contribution in [0.3, 0.4) is 0 Å². The summed E-state index contributed by atoms with van der Waals surface area (Å²) < 4.78 is 0. The predicted molar refractivity (Wildman–Crippen MR) is 131 cm³/mol. The van der Waals surface area contributed by atoms with E-state index in [1.807, 2.05) is 37.5 Å². The van der Waals surface area contributed by atoms with Gasteiger partial charge in [0.15, 0.2) is 0 Å². The Labute approximate surface area is 195 Å². The van der Waals surface area contributed by atoms with Gasteiger partial charge in [-0.15, -0.1) is 0 Å². The number of rotatable bonds is 8. The number of para-hydroxylation sites is 2. The van der Waals surface area contributed by atoms with Gasteiger partial charge in [-0.25, -0.2) is 4.98 Å². The third-order valence-electron chi connectivity index (χ3n) is 7.83. The van der Waals surface area contributed by atoms with Crippen LogP contribution in [0.15, 0.2) is 36.7 Å². The van der Waals surface area contributed by atoms with Gasteiger partial charge in [-0.1, -0.05) is 12.1 Å². The van der Waals surface area contributed by atoms with Gasteiger partial charge in [-0.3, -0.25) is 9.78 Å². The maximum atomic E-state index is 13.2. The number of piperidine rings is 1. The average Bonchev–Trinajstić information content (AvgIpc) is 3.57. The highest BCUT2D eigenvalue weighted by Crippen LogP contribution is 2.60. The van der Waals surface area contributed by atoms with Crippen LogP contribution < -0.4 is 10.6 Å². The smallest absolute Gasteiger partial charge is 0.225 e. The molecule has 2 aliphatic carbocycles. The first-order valence-corrected chi connectivity index (χ1v) is 12.3. The van der Waals surface area contributed by atoms with E-state index in [0.29, 0.717) is 29.1 Å². The zero-order valence-corrected chi connectivity index (χ0v) is 19.3. The van der Waals surface area contributed by atoms with Gasteiger partial charge in [0, 0.05) is 43.0 Å². The molecule has 7 nitrogen and oxygen atoms in total. The van der Waals surface area contributed by atoms with Gasteiger partial charge in [0.25, 0.3) is 0 Å². The first kappa shape index (κ1) is 22.0. The predicted octanol–water partition coefficient (Wildman–Crippen LogP) is 3.08. The second kappa shape index (κ2) is 9.59. The van der Waals surface area contributed by atoms with E-state index in [0.717, 1.165) is 61.8 Å². The Balaban J connectivity index is 1.14. The molecule has 3 unspecified atom stereocenters. The highest BCUT2D eigenvalue weighted by atomic mass is 16.2. The van der Waals surface area contributed by atoms with Crippen LogP contribution in [0.4, 0.5) is 0 Å². The van der Waals surface area contributed by atoms with Crippen LogP contribution in [0.2, 0.25) is 0 Å². The number of carbonyl (C=O) groups excluding carboxylic acids is 1. The van der Waals surface area contributed by atoms with Crippen LogP contribution in [-0.2, 0) is 4.79 Å². The summed E-state index contributed by atoms with van der Waals surface area (Å²) in [7, 11) is 2.01. The van der Waals surface area contributed by atoms with E-state index in [9.17, 15) is 4.79 Å². The standard InChI is InChI=1S/C26H34N6O/c1-28-9-6-17-12-22(21-13-20(17)21)26(33)32-10-7-19(8-11-32)29-15-18(14-27)25-16-30-23-4-2-3-5-24(23)31-25/h2-5,14-17,19-22,27-29H,6-13H2,1H3/b18-15+,27-14?/t17?,20?,21?,22-/m1/s1. The molecule has 3 aliphatic rings. The number of likely N-dealkylation sites (tertiary alicyclic amines) is 1. The summed E-state index contributed by atoms with van der Waals surface area (Å²) in [4.78, 5) is 24.4. The van der Waals surface area contributed by atoms with E-state index >= 15 is 0 Å². The Bertz CT molecular complexity index is 1040. The summed E-state index contributed by atoms with van der Waals surface area (Å²) in [6.07, 6.45) is 10.3. The lowest BCUT2D eigenvalue weighted by molar-refractivity contribution is -0.137. The zero-order chi connectivity index (χ0) is 22.8. The van der Waals surface area contributed by atoms with Crippen LogP contribution in [-0.4, -0.2) is 59.7 Å². The molecule has 1 aromatic carbocycles. The number of amides is 1. The zero-order valence-electron chi connectivity index (χ0n) is 19.3. The minimum atomic E-state index is 0.261. The monoisotopic (exact) mass is 446 g/mol. The topological polar surface area (TPSA) is 94.0 Å². The quantitative estimate of drug-likeness (QED) is 0.542. The van der Waals surface area contributed by atoms with E-state index in [4.69, 9.17) is 5.41 Å². The lowest BCUT2D eigenvalue weighted by Crippen LogP contribution is -2.46. The maximum absolute atomic E-state index is 13.2. The molecule has 7 heteroatoms. The first-order chi connectivity index (χ1) is 16.2. The van der Waals surface area contributed by atoms with Gasteiger partial charge >= 0.3 is 0 Å². The number of hydrogen-bond donors (Lipinski definition) is 3. The minimum Gasteiger partial charge on any atom is -0.387 e. The fraction of sp³-hybridized carbons (Fsp3) is 0.538. The first-order valence-electron chi connectivity index (χ1n) is 12.3. The van der Waals surface area contributed by atoms with Crippen LogP contribution >= 0.6 is 0 Å². The molecule has 0 spiro atoms. The SMILES string of the molecule is CNCCC1C[C@@H](C(=O)N2CCC(N/C=C(\C=N)c3cnc4ccccc4n3)CC2)C2CC12. The molecule has 3 N–H and O–H groups in total. The van der Waals surface area contributed by atoms with Crippen molar-refractivity contribution < 1.29 is 4.79 Å². The Morgan fingerprint density at radius 2 is 1.97 bits per heavy atom. The second-order valence-electron chi connectivity index (χ2n) is 9.81. The molecule has 5 rings (SSSR count). The Morgan fingerprint density at radius 1 is 1.18 bits per heavy atom. The third-order valence-corrected chi connectivity index (χ3v) is 7.83. The van der Waals surface area contributed by atoms with Crippen molar-refractivity contribution in [2.24, 2.45) is 23.7 Å². The Hall–Kier alpha value is -2.80. The second-order valence-corrected chi connectivity index (χ2v) is 9.81. The summed E-state index contributed by atoms with van der Waals surface area (Å²) in [5.41, 5.74) is 3.08. The summed E-state index contributed by atoms with van der Waals surface area (Å²) in [6.45, 7) is 2.69. The van der Waals surface area contributed by atoms with Crippen LogP contribution in [0.5, 0.6) is 0 Å². The average molecular weight is 447 g/mol. The number of hydrogen-bond acceptors (Lipinski definition) is 6. The molecular formula is C26H34N6O. The summed E-state index contributed by atoms with van der Waals surface area (Å²) in [5, 5.41) is 14.6. The number of carbonyl (C=O) groups is 1. The lowest BCUT2D eigenvalue weighted by Gasteiger charge is -2.34. The van der Waals surface area contributed by atoms with E-state index in [1.165, 1.54) is 19.1 Å². The van der Waals surface area contributed by atoms with Crippen molar-refractivity contribution in [1.29, 1.82) is 5.41 Å². The summed E-state index contributed by atoms with van der Waals surface area (Å²) in [5.74, 6) is 2.84. The van der Waals surface area contributed by atoms with Crippen LogP contribution in [0, 0.1) is 29.1 Å². The Morgan fingerprint density at radius 3 is 2.73 bits per heavy atom. The fourth-order valence-electron chi connectivity index (χ4n) is 5.86.